The zero-order chi connectivity index (χ0) is 30.0. The minimum absolute atomic E-state index is 0. The Labute approximate surface area is 255 Å². The van der Waals surface area contributed by atoms with Crippen LogP contribution in [0.4, 0.5) is 4.79 Å². The highest BCUT2D eigenvalue weighted by atomic mass is 35.5. The highest BCUT2D eigenvalue weighted by molar-refractivity contribution is 8.03. The average molecular weight is 624 g/mol. The van der Waals surface area contributed by atoms with Gasteiger partial charge in [-0.3, -0.25) is 9.59 Å². The fourth-order valence-corrected chi connectivity index (χ4v) is 7.51. The first kappa shape index (κ1) is 33.2. The van der Waals surface area contributed by atoms with E-state index in [-0.39, 0.29) is 60.5 Å². The van der Waals surface area contributed by atoms with E-state index in [0.717, 1.165) is 0 Å². The fraction of sp³-hybridized carbons (Fsp3) is 0.536. The molecule has 1 aromatic heterocycles. The average Bonchev–Trinajstić information content (AvgIpc) is 3.57. The summed E-state index contributed by atoms with van der Waals surface area (Å²) >= 11 is 1.47. The maximum atomic E-state index is 13.1. The Kier molecular flexibility index (Phi) is 10.9. The summed E-state index contributed by atoms with van der Waals surface area (Å²) < 4.78 is 14.2. The van der Waals surface area contributed by atoms with Crippen LogP contribution >= 0.6 is 11.8 Å². The molecule has 3 amide bonds. The Morgan fingerprint density at radius 2 is 1.93 bits per heavy atom. The van der Waals surface area contributed by atoms with Crippen LogP contribution in [-0.4, -0.2) is 86.5 Å². The summed E-state index contributed by atoms with van der Waals surface area (Å²) in [4.78, 5) is 54.6. The molecule has 0 aromatic carbocycles. The van der Waals surface area contributed by atoms with Crippen molar-refractivity contribution in [2.75, 3.05) is 19.8 Å². The minimum Gasteiger partial charge on any atom is -1.00 e. The maximum absolute atomic E-state index is 13.1. The third-order valence-electron chi connectivity index (χ3n) is 7.83. The van der Waals surface area contributed by atoms with E-state index in [1.165, 1.54) is 28.8 Å². The predicted octanol–water partition coefficient (Wildman–Crippen LogP) is -1.90. The van der Waals surface area contributed by atoms with E-state index in [0.29, 0.717) is 36.5 Å². The lowest BCUT2D eigenvalue weighted by molar-refractivity contribution is -0.697. The summed E-state index contributed by atoms with van der Waals surface area (Å²) in [5, 5.41) is 10.2. The summed E-state index contributed by atoms with van der Waals surface area (Å²) in [5.41, 5.74) is 6.03. The normalized spacial score (nSPS) is 25.3. The molecule has 0 aliphatic carbocycles. The molecule has 4 heterocycles. The van der Waals surface area contributed by atoms with Crippen LogP contribution in [0.2, 0.25) is 0 Å². The number of nitrogens with two attached hydrogens (primary N) is 1. The number of ether oxygens (including phenoxy) is 2. The number of carbonyl (C=O) groups excluding carboxylic acids is 4. The summed E-state index contributed by atoms with van der Waals surface area (Å²) in [5.74, 6) is -2.23. The molecule has 12 nitrogen and oxygen atoms in total. The summed E-state index contributed by atoms with van der Waals surface area (Å²) in [6, 6.07) is -0.511. The molecular weight excluding hydrogens is 586 g/mol. The topological polar surface area (TPSA) is 148 Å². The Hall–Kier alpha value is -3.29. The Morgan fingerprint density at radius 3 is 2.52 bits per heavy atom. The molecule has 14 heteroatoms. The SMILES string of the molecule is C=CCOC(=O)C1=C(S[C@H]2C[C@@H](CC[n+]3cc(C(N)=O)n(C)c3)N(C(=O)OCC=C)C2)[C@H](C)[C@@H]2[C@@H]([C@@H](C)O)C(=O)N12.[Cl-]. The first-order valence-corrected chi connectivity index (χ1v) is 14.5. The molecule has 42 heavy (non-hydrogen) atoms. The Bertz CT molecular complexity index is 1280. The number of rotatable bonds is 12. The van der Waals surface area contributed by atoms with Crippen molar-refractivity contribution < 1.29 is 50.7 Å². The molecule has 2 saturated heterocycles. The number of imidazole rings is 1. The van der Waals surface area contributed by atoms with E-state index in [1.807, 2.05) is 11.5 Å². The van der Waals surface area contributed by atoms with Crippen molar-refractivity contribution in [2.45, 2.75) is 56.7 Å². The lowest BCUT2D eigenvalue weighted by Crippen LogP contribution is -3.00. The number of carbonyl (C=O) groups is 4. The van der Waals surface area contributed by atoms with E-state index in [1.54, 1.807) is 36.0 Å². The molecule has 2 fully saturated rings. The number of β-lactam (4-membered cyclic amide) rings is 1. The van der Waals surface area contributed by atoms with Crippen LogP contribution in [0.25, 0.3) is 0 Å². The summed E-state index contributed by atoms with van der Waals surface area (Å²) in [7, 11) is 1.74. The molecule has 3 aliphatic rings. The molecule has 1 aromatic rings. The molecule has 4 rings (SSSR count). The molecule has 3 aliphatic heterocycles. The second-order valence-corrected chi connectivity index (χ2v) is 12.0. The largest absolute Gasteiger partial charge is 1.00 e. The van der Waals surface area contributed by atoms with Crippen LogP contribution < -0.4 is 22.7 Å². The molecule has 6 atom stereocenters. The number of hydrogen-bond acceptors (Lipinski definition) is 8. The number of primary amides is 1. The smallest absolute Gasteiger partial charge is 0.410 e. The first-order chi connectivity index (χ1) is 19.5. The lowest BCUT2D eigenvalue weighted by atomic mass is 9.79. The van der Waals surface area contributed by atoms with Gasteiger partial charge in [0.25, 0.3) is 5.91 Å². The number of likely N-dealkylation sites (tertiary alicyclic amines) is 1. The molecule has 230 valence electrons. The van der Waals surface area contributed by atoms with Crippen molar-refractivity contribution in [3.05, 3.63) is 54.1 Å². The van der Waals surface area contributed by atoms with Crippen LogP contribution in [-0.2, 0) is 32.7 Å². The highest BCUT2D eigenvalue weighted by Gasteiger charge is 2.60. The summed E-state index contributed by atoms with van der Waals surface area (Å²) in [6.07, 6.45) is 6.32. The fourth-order valence-electron chi connectivity index (χ4n) is 5.95. The van der Waals surface area contributed by atoms with E-state index < -0.39 is 30.0 Å². The molecule has 0 spiro atoms. The number of aliphatic hydroxyl groups is 1. The van der Waals surface area contributed by atoms with Crippen molar-refractivity contribution in [3.8, 4) is 0 Å². The zero-order valence-corrected chi connectivity index (χ0v) is 25.6. The van der Waals surface area contributed by atoms with E-state index in [2.05, 4.69) is 13.2 Å². The van der Waals surface area contributed by atoms with Gasteiger partial charge in [0.05, 0.1) is 31.7 Å². The van der Waals surface area contributed by atoms with Gasteiger partial charge in [-0.25, -0.2) is 18.7 Å². The van der Waals surface area contributed by atoms with Gasteiger partial charge in [0.15, 0.2) is 0 Å². The number of aliphatic hydroxyl groups excluding tert-OH is 1. The van der Waals surface area contributed by atoms with Gasteiger partial charge in [-0.15, -0.1) is 11.8 Å². The van der Waals surface area contributed by atoms with Gasteiger partial charge in [-0.1, -0.05) is 32.2 Å². The predicted molar refractivity (Wildman–Crippen MR) is 150 cm³/mol. The van der Waals surface area contributed by atoms with Crippen LogP contribution in [0.15, 0.2) is 48.4 Å². The van der Waals surface area contributed by atoms with Crippen LogP contribution in [0.5, 0.6) is 0 Å². The maximum Gasteiger partial charge on any atom is 0.410 e. The molecule has 0 saturated carbocycles. The summed E-state index contributed by atoms with van der Waals surface area (Å²) in [6.45, 7) is 11.7. The zero-order valence-electron chi connectivity index (χ0n) is 24.0. The number of hydrogen-bond donors (Lipinski definition) is 2. The second-order valence-electron chi connectivity index (χ2n) is 10.6. The van der Waals surface area contributed by atoms with Gasteiger partial charge < -0.3 is 42.5 Å². The minimum atomic E-state index is -0.849. The number of halogens is 1. The van der Waals surface area contributed by atoms with Gasteiger partial charge >= 0.3 is 12.1 Å². The third kappa shape index (κ3) is 6.37. The second kappa shape index (κ2) is 13.8. The standard InChI is InChI=1S/C28H37N5O7S.ClH/c1-6-10-39-27(37)23-24(16(3)22-21(17(4)34)26(36)33(22)23)41-19-12-18(32(13-19)28(38)40-11-7-2)8-9-31-14-20(25(29)35)30(5)15-31;/h6-7,14-19,21-22,34H,1-2,8-13H2,3-5H3,(H-,29,35);1H/t16-,17-,18-,19+,21-,22-;/m1./s1. The van der Waals surface area contributed by atoms with Crippen LogP contribution in [0, 0.1) is 11.8 Å². The number of esters is 1. The number of thioether (sulfide) groups is 1. The monoisotopic (exact) mass is 623 g/mol. The van der Waals surface area contributed by atoms with Crippen molar-refractivity contribution in [2.24, 2.45) is 24.6 Å². The van der Waals surface area contributed by atoms with Crippen molar-refractivity contribution >= 4 is 35.6 Å². The van der Waals surface area contributed by atoms with Gasteiger partial charge in [0.2, 0.25) is 17.9 Å². The lowest BCUT2D eigenvalue weighted by Gasteiger charge is -2.46. The highest BCUT2D eigenvalue weighted by Crippen LogP contribution is 2.52. The number of fused-ring (bicyclic) bond motifs is 1. The number of nitrogens with zero attached hydrogens (tertiary/aromatic N) is 4. The van der Waals surface area contributed by atoms with Crippen LogP contribution in [0.3, 0.4) is 0 Å². The molecule has 0 unspecified atom stereocenters. The quantitative estimate of drug-likeness (QED) is 0.119. The van der Waals surface area contributed by atoms with Gasteiger partial charge in [-0.2, -0.15) is 0 Å². The van der Waals surface area contributed by atoms with E-state index in [9.17, 15) is 24.3 Å². The Balaban J connectivity index is 0.00000484. The number of amides is 3. The third-order valence-corrected chi connectivity index (χ3v) is 9.32. The Morgan fingerprint density at radius 1 is 1.26 bits per heavy atom. The number of aromatic nitrogens is 2. The van der Waals surface area contributed by atoms with Crippen molar-refractivity contribution in [3.63, 3.8) is 0 Å². The molecule has 3 N–H and O–H groups in total. The van der Waals surface area contributed by atoms with Gasteiger partial charge in [-0.05, 0) is 13.3 Å². The number of aryl methyl sites for hydroxylation is 2. The molecular formula is C28H38ClN5O7S. The van der Waals surface area contributed by atoms with Crippen LogP contribution in [0.1, 0.15) is 37.2 Å². The van der Waals surface area contributed by atoms with Crippen molar-refractivity contribution in [1.29, 1.82) is 0 Å². The van der Waals surface area contributed by atoms with E-state index >= 15 is 0 Å². The van der Waals surface area contributed by atoms with E-state index in [4.69, 9.17) is 15.2 Å². The van der Waals surface area contributed by atoms with Gasteiger partial charge in [0, 0.05) is 35.1 Å². The van der Waals surface area contributed by atoms with Gasteiger partial charge in [0.1, 0.15) is 25.1 Å². The molecule has 0 radical (unpaired) electrons. The first-order valence-electron chi connectivity index (χ1n) is 13.6. The molecule has 0 bridgehead atoms. The van der Waals surface area contributed by atoms with Crippen molar-refractivity contribution in [1.82, 2.24) is 14.4 Å².